The Bertz CT molecular complexity index is 959. The van der Waals surface area contributed by atoms with E-state index in [1.54, 1.807) is 30.3 Å². The highest BCUT2D eigenvalue weighted by Gasteiger charge is 2.23. The van der Waals surface area contributed by atoms with Gasteiger partial charge in [0, 0.05) is 25.2 Å². The molecule has 0 atom stereocenters. The van der Waals surface area contributed by atoms with Crippen molar-refractivity contribution in [2.45, 2.75) is 11.3 Å². The third kappa shape index (κ3) is 5.64. The van der Waals surface area contributed by atoms with Crippen molar-refractivity contribution < 1.29 is 22.7 Å². The van der Waals surface area contributed by atoms with Crippen molar-refractivity contribution in [2.24, 2.45) is 0 Å². The number of amides is 1. The Hall–Kier alpha value is -2.78. The average Bonchev–Trinajstić information content (AvgIpc) is 2.75. The highest BCUT2D eigenvalue weighted by atomic mass is 32.2. The molecule has 0 aliphatic heterocycles. The van der Waals surface area contributed by atoms with Gasteiger partial charge in [-0.15, -0.1) is 0 Å². The molecule has 9 heteroatoms. The number of hydrogen-bond donors (Lipinski definition) is 1. The quantitative estimate of drug-likeness (QED) is 0.576. The largest absolute Gasteiger partial charge is 0.493 e. The van der Waals surface area contributed by atoms with Gasteiger partial charge < -0.3 is 19.7 Å². The molecule has 0 aliphatic carbocycles. The molecule has 2 aromatic carbocycles. The van der Waals surface area contributed by atoms with E-state index in [1.807, 2.05) is 14.1 Å². The van der Waals surface area contributed by atoms with Crippen LogP contribution < -0.4 is 19.1 Å². The second-order valence-corrected chi connectivity index (χ2v) is 8.92. The molecule has 0 heterocycles. The summed E-state index contributed by atoms with van der Waals surface area (Å²) in [6.45, 7) is 1.46. The van der Waals surface area contributed by atoms with Crippen LogP contribution in [0, 0.1) is 0 Å². The first-order valence-electron chi connectivity index (χ1n) is 9.44. The van der Waals surface area contributed by atoms with E-state index in [2.05, 4.69) is 10.2 Å². The minimum atomic E-state index is -3.82. The molecule has 0 saturated carbocycles. The lowest BCUT2D eigenvalue weighted by Crippen LogP contribution is -2.28. The summed E-state index contributed by atoms with van der Waals surface area (Å²) in [7, 11) is 4.53. The molecule has 1 amide bonds. The topological polar surface area (TPSA) is 88.2 Å². The van der Waals surface area contributed by atoms with Gasteiger partial charge in [-0.1, -0.05) is 0 Å². The molecule has 0 fully saturated rings. The molecule has 1 N–H and O–H groups in total. The SMILES string of the molecule is COc1ccc(S(=O)(=O)N(C)c2ccc(C(=O)NCCCN(C)C)cc2)cc1OC. The molecule has 0 saturated heterocycles. The van der Waals surface area contributed by atoms with Gasteiger partial charge in [0.15, 0.2) is 11.5 Å². The van der Waals surface area contributed by atoms with Crippen LogP contribution in [0.5, 0.6) is 11.5 Å². The van der Waals surface area contributed by atoms with E-state index in [0.717, 1.165) is 17.3 Å². The monoisotopic (exact) mass is 435 g/mol. The van der Waals surface area contributed by atoms with Crippen LogP contribution in [0.2, 0.25) is 0 Å². The van der Waals surface area contributed by atoms with Gasteiger partial charge in [0.1, 0.15) is 0 Å². The number of ether oxygens (including phenoxy) is 2. The Labute approximate surface area is 178 Å². The molecular weight excluding hydrogens is 406 g/mol. The van der Waals surface area contributed by atoms with Crippen molar-refractivity contribution in [2.75, 3.05) is 52.8 Å². The highest BCUT2D eigenvalue weighted by Crippen LogP contribution is 2.31. The number of carbonyl (C=O) groups excluding carboxylic acids is 1. The molecule has 0 radical (unpaired) electrons. The lowest BCUT2D eigenvalue weighted by Gasteiger charge is -2.20. The molecular formula is C21H29N3O5S. The molecule has 0 bridgehead atoms. The summed E-state index contributed by atoms with van der Waals surface area (Å²) in [5.41, 5.74) is 0.912. The van der Waals surface area contributed by atoms with E-state index >= 15 is 0 Å². The zero-order valence-corrected chi connectivity index (χ0v) is 18.8. The zero-order valence-electron chi connectivity index (χ0n) is 18.0. The van der Waals surface area contributed by atoms with Gasteiger partial charge in [0.25, 0.3) is 15.9 Å². The van der Waals surface area contributed by atoms with E-state index in [1.165, 1.54) is 33.4 Å². The second-order valence-electron chi connectivity index (χ2n) is 6.95. The predicted molar refractivity (Wildman–Crippen MR) is 117 cm³/mol. The summed E-state index contributed by atoms with van der Waals surface area (Å²) >= 11 is 0. The third-order valence-corrected chi connectivity index (χ3v) is 6.36. The number of rotatable bonds is 10. The maximum absolute atomic E-state index is 13.0. The van der Waals surface area contributed by atoms with Crippen LogP contribution in [0.3, 0.4) is 0 Å². The Balaban J connectivity index is 2.13. The van der Waals surface area contributed by atoms with Crippen molar-refractivity contribution in [3.63, 3.8) is 0 Å². The summed E-state index contributed by atoms with van der Waals surface area (Å²) in [5.74, 6) is 0.582. The fourth-order valence-corrected chi connectivity index (χ4v) is 4.01. The van der Waals surface area contributed by atoms with Gasteiger partial charge >= 0.3 is 0 Å². The first-order chi connectivity index (χ1) is 14.2. The summed E-state index contributed by atoms with van der Waals surface area (Å²) < 4.78 is 37.5. The van der Waals surface area contributed by atoms with Crippen molar-refractivity contribution in [1.29, 1.82) is 0 Å². The fourth-order valence-electron chi connectivity index (χ4n) is 2.80. The number of anilines is 1. The summed E-state index contributed by atoms with van der Waals surface area (Å²) in [6, 6.07) is 10.8. The van der Waals surface area contributed by atoms with Crippen LogP contribution >= 0.6 is 0 Å². The molecule has 164 valence electrons. The maximum Gasteiger partial charge on any atom is 0.264 e. The van der Waals surface area contributed by atoms with Crippen LogP contribution in [0.1, 0.15) is 16.8 Å². The van der Waals surface area contributed by atoms with Gasteiger partial charge in [-0.2, -0.15) is 0 Å². The summed E-state index contributed by atoms with van der Waals surface area (Å²) in [5, 5.41) is 2.86. The van der Waals surface area contributed by atoms with Gasteiger partial charge in [-0.05, 0) is 63.5 Å². The third-order valence-electron chi connectivity index (χ3n) is 4.57. The van der Waals surface area contributed by atoms with Gasteiger partial charge in [0.05, 0.1) is 24.8 Å². The first-order valence-corrected chi connectivity index (χ1v) is 10.9. The Kier molecular flexibility index (Phi) is 8.08. The number of methoxy groups -OCH3 is 2. The Morgan fingerprint density at radius 3 is 2.17 bits per heavy atom. The van der Waals surface area contributed by atoms with Gasteiger partial charge in [-0.25, -0.2) is 8.42 Å². The maximum atomic E-state index is 13.0. The number of sulfonamides is 1. The minimum absolute atomic E-state index is 0.0744. The van der Waals surface area contributed by atoms with E-state index in [9.17, 15) is 13.2 Å². The predicted octanol–water partition coefficient (Wildman–Crippen LogP) is 2.21. The van der Waals surface area contributed by atoms with E-state index in [4.69, 9.17) is 9.47 Å². The summed E-state index contributed by atoms with van der Waals surface area (Å²) in [6.07, 6.45) is 0.850. The number of benzene rings is 2. The van der Waals surface area contributed by atoms with Crippen LogP contribution in [0.4, 0.5) is 5.69 Å². The molecule has 8 nitrogen and oxygen atoms in total. The van der Waals surface area contributed by atoms with Crippen LogP contribution in [-0.2, 0) is 10.0 Å². The number of carbonyl (C=O) groups is 1. The molecule has 2 aromatic rings. The van der Waals surface area contributed by atoms with E-state index < -0.39 is 10.0 Å². The van der Waals surface area contributed by atoms with Crippen molar-refractivity contribution in [3.8, 4) is 11.5 Å². The van der Waals surface area contributed by atoms with Crippen molar-refractivity contribution >= 4 is 21.6 Å². The molecule has 0 aliphatic rings. The number of nitrogens with zero attached hydrogens (tertiary/aromatic N) is 2. The van der Waals surface area contributed by atoms with Crippen LogP contribution in [0.15, 0.2) is 47.4 Å². The fraction of sp³-hybridized carbons (Fsp3) is 0.381. The zero-order chi connectivity index (χ0) is 22.3. The summed E-state index contributed by atoms with van der Waals surface area (Å²) in [4.78, 5) is 14.4. The number of hydrogen-bond acceptors (Lipinski definition) is 6. The molecule has 0 aromatic heterocycles. The van der Waals surface area contributed by atoms with E-state index in [0.29, 0.717) is 29.3 Å². The Morgan fingerprint density at radius 2 is 1.60 bits per heavy atom. The van der Waals surface area contributed by atoms with Crippen LogP contribution in [-0.4, -0.2) is 67.7 Å². The first kappa shape index (κ1) is 23.5. The normalized spacial score (nSPS) is 11.3. The lowest BCUT2D eigenvalue weighted by molar-refractivity contribution is 0.0952. The Morgan fingerprint density at radius 1 is 0.967 bits per heavy atom. The smallest absolute Gasteiger partial charge is 0.264 e. The lowest BCUT2D eigenvalue weighted by atomic mass is 10.2. The molecule has 0 unspecified atom stereocenters. The molecule has 30 heavy (non-hydrogen) atoms. The second kappa shape index (κ2) is 10.3. The number of nitrogens with one attached hydrogen (secondary N) is 1. The van der Waals surface area contributed by atoms with Crippen LogP contribution in [0.25, 0.3) is 0 Å². The highest BCUT2D eigenvalue weighted by molar-refractivity contribution is 7.92. The average molecular weight is 436 g/mol. The standard InChI is InChI=1S/C21H29N3O5S/c1-23(2)14-6-13-22-21(25)16-7-9-17(10-8-16)24(3)30(26,27)18-11-12-19(28-4)20(15-18)29-5/h7-12,15H,6,13-14H2,1-5H3,(H,22,25). The van der Waals surface area contributed by atoms with Crippen molar-refractivity contribution in [1.82, 2.24) is 10.2 Å². The minimum Gasteiger partial charge on any atom is -0.493 e. The van der Waals surface area contributed by atoms with E-state index in [-0.39, 0.29) is 10.8 Å². The van der Waals surface area contributed by atoms with Gasteiger partial charge in [0.2, 0.25) is 0 Å². The van der Waals surface area contributed by atoms with Gasteiger partial charge in [-0.3, -0.25) is 9.10 Å². The molecule has 2 rings (SSSR count). The van der Waals surface area contributed by atoms with Crippen molar-refractivity contribution in [3.05, 3.63) is 48.0 Å². The molecule has 0 spiro atoms.